The molecular formula is C23H20Cl2N2O5S2. The molecule has 178 valence electrons. The molecule has 7 nitrogen and oxygen atoms in total. The van der Waals surface area contributed by atoms with E-state index in [1.54, 1.807) is 12.1 Å². The van der Waals surface area contributed by atoms with Gasteiger partial charge in [0.2, 0.25) is 15.8 Å². The van der Waals surface area contributed by atoms with Crippen molar-refractivity contribution in [2.24, 2.45) is 0 Å². The summed E-state index contributed by atoms with van der Waals surface area (Å²) in [4.78, 5) is 27.2. The third kappa shape index (κ3) is 5.45. The van der Waals surface area contributed by atoms with Gasteiger partial charge in [-0.2, -0.15) is 4.31 Å². The maximum Gasteiger partial charge on any atom is 0.340 e. The molecule has 0 spiro atoms. The largest absolute Gasteiger partial charge is 0.454 e. The predicted molar refractivity (Wildman–Crippen MR) is 133 cm³/mol. The second-order valence-corrected chi connectivity index (χ2v) is 11.5. The molecule has 1 aliphatic heterocycles. The molecule has 34 heavy (non-hydrogen) atoms. The fraction of sp³-hybridized carbons (Fsp3) is 0.217. The standard InChI is InChI=1S/C23H20Cl2N2O5S2/c24-19-7-6-17(14-18(19)23(29)32-15-20(28)21-8-9-22(25)33-21)34(30,31)27-12-10-26(11-13-27)16-4-2-1-3-5-16/h1-9,14H,10-13,15H2. The number of carbonyl (C=O) groups is 2. The van der Waals surface area contributed by atoms with E-state index in [9.17, 15) is 18.0 Å². The summed E-state index contributed by atoms with van der Waals surface area (Å²) in [5.41, 5.74) is 0.915. The molecule has 0 aliphatic carbocycles. The zero-order valence-corrected chi connectivity index (χ0v) is 21.0. The summed E-state index contributed by atoms with van der Waals surface area (Å²) in [6, 6.07) is 16.8. The number of piperazine rings is 1. The molecule has 2 aromatic carbocycles. The number of nitrogens with zero attached hydrogens (tertiary/aromatic N) is 2. The van der Waals surface area contributed by atoms with E-state index < -0.39 is 28.4 Å². The summed E-state index contributed by atoms with van der Waals surface area (Å²) < 4.78 is 33.3. The van der Waals surface area contributed by atoms with Gasteiger partial charge < -0.3 is 9.64 Å². The van der Waals surface area contributed by atoms with Crippen LogP contribution in [0.15, 0.2) is 65.6 Å². The molecule has 2 heterocycles. The van der Waals surface area contributed by atoms with Crippen LogP contribution in [0.25, 0.3) is 0 Å². The van der Waals surface area contributed by atoms with Gasteiger partial charge >= 0.3 is 5.97 Å². The molecule has 0 bridgehead atoms. The third-order valence-corrected chi connectivity index (χ3v) is 8.83. The average molecular weight is 539 g/mol. The first-order valence-corrected chi connectivity index (χ1v) is 13.3. The third-order valence-electron chi connectivity index (χ3n) is 5.34. The van der Waals surface area contributed by atoms with Gasteiger partial charge in [0, 0.05) is 31.9 Å². The lowest BCUT2D eigenvalue weighted by atomic mass is 10.2. The van der Waals surface area contributed by atoms with Crippen LogP contribution < -0.4 is 4.90 Å². The van der Waals surface area contributed by atoms with Crippen molar-refractivity contribution in [2.75, 3.05) is 37.7 Å². The number of halogens is 2. The van der Waals surface area contributed by atoms with Crippen molar-refractivity contribution in [3.05, 3.63) is 80.5 Å². The molecule has 1 saturated heterocycles. The highest BCUT2D eigenvalue weighted by Crippen LogP contribution is 2.26. The van der Waals surface area contributed by atoms with Gasteiger partial charge in [-0.3, -0.25) is 4.79 Å². The Bertz CT molecular complexity index is 1300. The predicted octanol–water partition coefficient (Wildman–Crippen LogP) is 4.61. The molecular weight excluding hydrogens is 519 g/mol. The number of thiophene rings is 1. The summed E-state index contributed by atoms with van der Waals surface area (Å²) >= 11 is 13.0. The molecule has 11 heteroatoms. The average Bonchev–Trinajstić information content (AvgIpc) is 3.29. The van der Waals surface area contributed by atoms with E-state index in [1.165, 1.54) is 22.5 Å². The molecule has 0 radical (unpaired) electrons. The molecule has 1 fully saturated rings. The van der Waals surface area contributed by atoms with Crippen LogP contribution in [0, 0.1) is 0 Å². The zero-order valence-electron chi connectivity index (χ0n) is 17.8. The van der Waals surface area contributed by atoms with Crippen molar-refractivity contribution in [3.63, 3.8) is 0 Å². The van der Waals surface area contributed by atoms with Crippen LogP contribution in [-0.2, 0) is 14.8 Å². The van der Waals surface area contributed by atoms with Crippen LogP contribution in [0.3, 0.4) is 0 Å². The van der Waals surface area contributed by atoms with Crippen LogP contribution in [-0.4, -0.2) is 57.3 Å². The van der Waals surface area contributed by atoms with Crippen molar-refractivity contribution in [2.45, 2.75) is 4.90 Å². The van der Waals surface area contributed by atoms with Crippen LogP contribution in [0.4, 0.5) is 5.69 Å². The minimum Gasteiger partial charge on any atom is -0.454 e. The van der Waals surface area contributed by atoms with Crippen LogP contribution in [0.1, 0.15) is 20.0 Å². The van der Waals surface area contributed by atoms with Gasteiger partial charge in [-0.1, -0.05) is 41.4 Å². The number of anilines is 1. The number of benzene rings is 2. The van der Waals surface area contributed by atoms with E-state index in [0.29, 0.717) is 35.4 Å². The van der Waals surface area contributed by atoms with E-state index in [-0.39, 0.29) is 15.5 Å². The smallest absolute Gasteiger partial charge is 0.340 e. The van der Waals surface area contributed by atoms with Crippen LogP contribution in [0.2, 0.25) is 9.36 Å². The monoisotopic (exact) mass is 538 g/mol. The Morgan fingerprint density at radius 3 is 2.29 bits per heavy atom. The Hall–Kier alpha value is -2.43. The summed E-state index contributed by atoms with van der Waals surface area (Å²) in [5, 5.41) is 0.0319. The maximum absolute atomic E-state index is 13.2. The summed E-state index contributed by atoms with van der Waals surface area (Å²) in [7, 11) is -3.85. The fourth-order valence-corrected chi connectivity index (χ4v) is 6.15. The van der Waals surface area contributed by atoms with Gasteiger partial charge in [0.25, 0.3) is 0 Å². The number of carbonyl (C=O) groups excluding carboxylic acids is 2. The molecule has 1 aromatic heterocycles. The molecule has 3 aromatic rings. The van der Waals surface area contributed by atoms with E-state index in [4.69, 9.17) is 27.9 Å². The number of sulfonamides is 1. The lowest BCUT2D eigenvalue weighted by molar-refractivity contribution is 0.0475. The van der Waals surface area contributed by atoms with Crippen molar-refractivity contribution in [1.29, 1.82) is 0 Å². The highest BCUT2D eigenvalue weighted by molar-refractivity contribution is 7.89. The number of hydrogen-bond donors (Lipinski definition) is 0. The van der Waals surface area contributed by atoms with Crippen molar-refractivity contribution >= 4 is 62.0 Å². The van der Waals surface area contributed by atoms with Gasteiger partial charge in [-0.05, 0) is 42.5 Å². The number of esters is 1. The minimum atomic E-state index is -3.85. The Kier molecular flexibility index (Phi) is 7.59. The van der Waals surface area contributed by atoms with E-state index >= 15 is 0 Å². The number of rotatable bonds is 7. The highest BCUT2D eigenvalue weighted by atomic mass is 35.5. The maximum atomic E-state index is 13.2. The normalized spacial score (nSPS) is 14.7. The van der Waals surface area contributed by atoms with E-state index in [1.807, 2.05) is 30.3 Å². The Morgan fingerprint density at radius 2 is 1.65 bits per heavy atom. The SMILES string of the molecule is O=C(COC(=O)c1cc(S(=O)(=O)N2CCN(c3ccccc3)CC2)ccc1Cl)c1ccc(Cl)s1. The fourth-order valence-electron chi connectivity index (χ4n) is 3.54. The molecule has 0 atom stereocenters. The van der Waals surface area contributed by atoms with Crippen molar-refractivity contribution in [3.8, 4) is 0 Å². The molecule has 0 N–H and O–H groups in total. The second kappa shape index (κ2) is 10.5. The number of para-hydroxylation sites is 1. The van der Waals surface area contributed by atoms with Gasteiger partial charge in [-0.25, -0.2) is 13.2 Å². The number of ketones is 1. The van der Waals surface area contributed by atoms with Crippen LogP contribution in [0.5, 0.6) is 0 Å². The van der Waals surface area contributed by atoms with Gasteiger partial charge in [0.05, 0.1) is 24.7 Å². The number of Topliss-reactive ketones (excluding diaryl/α,β-unsaturated/α-hetero) is 1. The first kappa shape index (κ1) is 24.7. The molecule has 1 aliphatic rings. The van der Waals surface area contributed by atoms with Gasteiger partial charge in [-0.15, -0.1) is 11.3 Å². The lowest BCUT2D eigenvalue weighted by Crippen LogP contribution is -2.48. The Labute approximate surface area is 211 Å². The van der Waals surface area contributed by atoms with E-state index in [0.717, 1.165) is 17.0 Å². The first-order chi connectivity index (χ1) is 16.3. The topological polar surface area (TPSA) is 84.0 Å². The minimum absolute atomic E-state index is 0.0319. The molecule has 0 saturated carbocycles. The van der Waals surface area contributed by atoms with Gasteiger partial charge in [0.15, 0.2) is 6.61 Å². The second-order valence-electron chi connectivity index (χ2n) is 7.47. The first-order valence-electron chi connectivity index (χ1n) is 10.3. The van der Waals surface area contributed by atoms with Gasteiger partial charge in [0.1, 0.15) is 0 Å². The Balaban J connectivity index is 1.44. The quantitative estimate of drug-likeness (QED) is 0.322. The van der Waals surface area contributed by atoms with Crippen molar-refractivity contribution in [1.82, 2.24) is 4.31 Å². The molecule has 0 unspecified atom stereocenters. The summed E-state index contributed by atoms with van der Waals surface area (Å²) in [5.74, 6) is -1.30. The number of hydrogen-bond acceptors (Lipinski definition) is 7. The Morgan fingerprint density at radius 1 is 0.941 bits per heavy atom. The number of ether oxygens (including phenoxy) is 1. The van der Waals surface area contributed by atoms with Crippen molar-refractivity contribution < 1.29 is 22.7 Å². The summed E-state index contributed by atoms with van der Waals surface area (Å²) in [6.45, 7) is 1.18. The molecule has 0 amide bonds. The van der Waals surface area contributed by atoms with E-state index in [2.05, 4.69) is 4.90 Å². The molecule has 4 rings (SSSR count). The highest BCUT2D eigenvalue weighted by Gasteiger charge is 2.30. The van der Waals surface area contributed by atoms with Crippen LogP contribution >= 0.6 is 34.5 Å². The zero-order chi connectivity index (χ0) is 24.3. The lowest BCUT2D eigenvalue weighted by Gasteiger charge is -2.35. The summed E-state index contributed by atoms with van der Waals surface area (Å²) in [6.07, 6.45) is 0.